The van der Waals surface area contributed by atoms with Gasteiger partial charge >= 0.3 is 0 Å². The summed E-state index contributed by atoms with van der Waals surface area (Å²) in [7, 11) is 1.64. The van der Waals surface area contributed by atoms with Crippen LogP contribution in [0.2, 0.25) is 5.02 Å². The third-order valence-corrected chi connectivity index (χ3v) is 3.01. The van der Waals surface area contributed by atoms with Gasteiger partial charge in [-0.15, -0.1) is 0 Å². The van der Waals surface area contributed by atoms with Gasteiger partial charge in [-0.3, -0.25) is 4.68 Å². The molecule has 5 heteroatoms. The zero-order valence-corrected chi connectivity index (χ0v) is 11.1. The highest BCUT2D eigenvalue weighted by molar-refractivity contribution is 6.30. The van der Waals surface area contributed by atoms with Crippen LogP contribution in [0.4, 0.5) is 0 Å². The summed E-state index contributed by atoms with van der Waals surface area (Å²) in [5.74, 6) is 0.820. The number of ether oxygens (including phenoxy) is 1. The predicted octanol–water partition coefficient (Wildman–Crippen LogP) is 2.48. The van der Waals surface area contributed by atoms with Crippen LogP contribution < -0.4 is 10.5 Å². The van der Waals surface area contributed by atoms with Crippen molar-refractivity contribution < 1.29 is 4.74 Å². The van der Waals surface area contributed by atoms with Crippen molar-refractivity contribution >= 4 is 11.6 Å². The van der Waals surface area contributed by atoms with Crippen molar-refractivity contribution in [2.24, 2.45) is 5.73 Å². The second kappa shape index (κ2) is 5.42. The van der Waals surface area contributed by atoms with Gasteiger partial charge in [-0.2, -0.15) is 5.10 Å². The standard InChI is InChI=1S/C13H16ClN3O/c1-9(15)13(17-8-11(14)7-16-17)10-3-5-12(18-2)6-4-10/h3-9,13H,15H2,1-2H3. The molecular weight excluding hydrogens is 250 g/mol. The quantitative estimate of drug-likeness (QED) is 0.924. The molecule has 0 aliphatic rings. The lowest BCUT2D eigenvalue weighted by atomic mass is 10.0. The summed E-state index contributed by atoms with van der Waals surface area (Å²) in [6.45, 7) is 1.95. The average molecular weight is 266 g/mol. The fourth-order valence-corrected chi connectivity index (χ4v) is 2.11. The predicted molar refractivity (Wildman–Crippen MR) is 72.0 cm³/mol. The molecule has 1 aromatic carbocycles. The normalized spacial score (nSPS) is 14.2. The number of methoxy groups -OCH3 is 1. The molecule has 2 N–H and O–H groups in total. The molecule has 2 atom stereocenters. The summed E-state index contributed by atoms with van der Waals surface area (Å²) in [6.07, 6.45) is 3.39. The number of nitrogens with two attached hydrogens (primary N) is 1. The first-order valence-electron chi connectivity index (χ1n) is 5.71. The maximum absolute atomic E-state index is 6.05. The van der Waals surface area contributed by atoms with Crippen LogP contribution in [0.25, 0.3) is 0 Å². The van der Waals surface area contributed by atoms with E-state index in [1.165, 1.54) is 0 Å². The average Bonchev–Trinajstić information content (AvgIpc) is 2.76. The van der Waals surface area contributed by atoms with Crippen molar-refractivity contribution in [3.8, 4) is 5.75 Å². The molecule has 1 heterocycles. The minimum Gasteiger partial charge on any atom is -0.497 e. The Labute approximate surface area is 111 Å². The van der Waals surface area contributed by atoms with E-state index in [2.05, 4.69) is 5.10 Å². The molecule has 96 valence electrons. The van der Waals surface area contributed by atoms with Crippen molar-refractivity contribution in [3.05, 3.63) is 47.2 Å². The number of nitrogens with zero attached hydrogens (tertiary/aromatic N) is 2. The van der Waals surface area contributed by atoms with Gasteiger partial charge in [-0.05, 0) is 24.6 Å². The monoisotopic (exact) mass is 265 g/mol. The van der Waals surface area contributed by atoms with E-state index in [-0.39, 0.29) is 12.1 Å². The smallest absolute Gasteiger partial charge is 0.118 e. The van der Waals surface area contributed by atoms with E-state index in [0.29, 0.717) is 5.02 Å². The number of hydrogen-bond donors (Lipinski definition) is 1. The van der Waals surface area contributed by atoms with Gasteiger partial charge in [-0.25, -0.2) is 0 Å². The Bertz CT molecular complexity index is 507. The summed E-state index contributed by atoms with van der Waals surface area (Å²) in [6, 6.07) is 7.69. The highest BCUT2D eigenvalue weighted by Crippen LogP contribution is 2.24. The van der Waals surface area contributed by atoms with E-state index in [1.807, 2.05) is 31.2 Å². The Morgan fingerprint density at radius 2 is 2.00 bits per heavy atom. The molecule has 0 aliphatic heterocycles. The van der Waals surface area contributed by atoms with Gasteiger partial charge in [0.2, 0.25) is 0 Å². The first kappa shape index (κ1) is 12.9. The number of halogens is 1. The molecule has 18 heavy (non-hydrogen) atoms. The molecule has 0 amide bonds. The zero-order chi connectivity index (χ0) is 13.1. The van der Waals surface area contributed by atoms with Crippen molar-refractivity contribution in [2.45, 2.75) is 19.0 Å². The van der Waals surface area contributed by atoms with Crippen LogP contribution in [0.5, 0.6) is 5.75 Å². The molecule has 0 bridgehead atoms. The molecule has 0 fully saturated rings. The van der Waals surface area contributed by atoms with Gasteiger partial charge in [0.25, 0.3) is 0 Å². The van der Waals surface area contributed by atoms with Crippen molar-refractivity contribution in [3.63, 3.8) is 0 Å². The Morgan fingerprint density at radius 3 is 2.44 bits per heavy atom. The Kier molecular flexibility index (Phi) is 3.89. The number of hydrogen-bond acceptors (Lipinski definition) is 3. The third kappa shape index (κ3) is 2.66. The lowest BCUT2D eigenvalue weighted by Crippen LogP contribution is -2.30. The number of aromatic nitrogens is 2. The van der Waals surface area contributed by atoms with Crippen molar-refractivity contribution in [1.29, 1.82) is 0 Å². The zero-order valence-electron chi connectivity index (χ0n) is 10.4. The second-order valence-corrected chi connectivity index (χ2v) is 4.65. The fraction of sp³-hybridized carbons (Fsp3) is 0.308. The van der Waals surface area contributed by atoms with Gasteiger partial charge in [0.1, 0.15) is 5.75 Å². The van der Waals surface area contributed by atoms with E-state index in [4.69, 9.17) is 22.1 Å². The summed E-state index contributed by atoms with van der Waals surface area (Å²) in [5, 5.41) is 4.84. The molecule has 0 spiro atoms. The number of benzene rings is 1. The van der Waals surface area contributed by atoms with Crippen LogP contribution in [-0.4, -0.2) is 22.9 Å². The third-order valence-electron chi connectivity index (χ3n) is 2.81. The number of rotatable bonds is 4. The van der Waals surface area contributed by atoms with Crippen molar-refractivity contribution in [2.75, 3.05) is 7.11 Å². The lowest BCUT2D eigenvalue weighted by Gasteiger charge is -2.22. The molecular formula is C13H16ClN3O. The van der Waals surface area contributed by atoms with Crippen molar-refractivity contribution in [1.82, 2.24) is 9.78 Å². The topological polar surface area (TPSA) is 53.1 Å². The van der Waals surface area contributed by atoms with Gasteiger partial charge in [0, 0.05) is 12.2 Å². The fourth-order valence-electron chi connectivity index (χ4n) is 1.97. The summed E-state index contributed by atoms with van der Waals surface area (Å²) < 4.78 is 6.93. The summed E-state index contributed by atoms with van der Waals surface area (Å²) in [5.41, 5.74) is 7.12. The van der Waals surface area contributed by atoms with Crippen LogP contribution in [0, 0.1) is 0 Å². The van der Waals surface area contributed by atoms with Gasteiger partial charge in [0.05, 0.1) is 24.4 Å². The second-order valence-electron chi connectivity index (χ2n) is 4.22. The van der Waals surface area contributed by atoms with E-state index >= 15 is 0 Å². The molecule has 0 radical (unpaired) electrons. The Balaban J connectivity index is 2.35. The van der Waals surface area contributed by atoms with Gasteiger partial charge in [-0.1, -0.05) is 23.7 Å². The van der Waals surface area contributed by atoms with E-state index in [0.717, 1.165) is 11.3 Å². The van der Waals surface area contributed by atoms with Gasteiger partial charge in [0.15, 0.2) is 0 Å². The molecule has 2 aromatic rings. The lowest BCUT2D eigenvalue weighted by molar-refractivity contribution is 0.413. The van der Waals surface area contributed by atoms with Crippen LogP contribution in [-0.2, 0) is 0 Å². The maximum atomic E-state index is 6.05. The summed E-state index contributed by atoms with van der Waals surface area (Å²) in [4.78, 5) is 0. The Morgan fingerprint density at radius 1 is 1.33 bits per heavy atom. The highest BCUT2D eigenvalue weighted by atomic mass is 35.5. The van der Waals surface area contributed by atoms with E-state index < -0.39 is 0 Å². The molecule has 0 saturated heterocycles. The SMILES string of the molecule is COc1ccc(C(C(C)N)n2cc(Cl)cn2)cc1. The Hall–Kier alpha value is -1.52. The van der Waals surface area contributed by atoms with Crippen LogP contribution in [0.1, 0.15) is 18.5 Å². The van der Waals surface area contributed by atoms with E-state index in [9.17, 15) is 0 Å². The molecule has 1 aromatic heterocycles. The van der Waals surface area contributed by atoms with Crippen LogP contribution in [0.3, 0.4) is 0 Å². The van der Waals surface area contributed by atoms with E-state index in [1.54, 1.807) is 24.2 Å². The highest BCUT2D eigenvalue weighted by Gasteiger charge is 2.19. The molecule has 2 unspecified atom stereocenters. The minimum atomic E-state index is -0.0747. The molecule has 4 nitrogen and oxygen atoms in total. The van der Waals surface area contributed by atoms with Crippen LogP contribution >= 0.6 is 11.6 Å². The largest absolute Gasteiger partial charge is 0.497 e. The molecule has 0 saturated carbocycles. The first-order valence-corrected chi connectivity index (χ1v) is 6.09. The molecule has 0 aliphatic carbocycles. The minimum absolute atomic E-state index is 0.0385. The first-order chi connectivity index (χ1) is 8.61. The maximum Gasteiger partial charge on any atom is 0.118 e. The molecule has 2 rings (SSSR count). The summed E-state index contributed by atoms with van der Waals surface area (Å²) >= 11 is 5.90. The van der Waals surface area contributed by atoms with Gasteiger partial charge < -0.3 is 10.5 Å². The van der Waals surface area contributed by atoms with Crippen LogP contribution in [0.15, 0.2) is 36.7 Å².